The number of amides is 1. The van der Waals surface area contributed by atoms with Crippen molar-refractivity contribution in [1.29, 1.82) is 0 Å². The number of carbonyl (C=O) groups is 2. The van der Waals surface area contributed by atoms with Crippen LogP contribution in [-0.2, 0) is 4.74 Å². The van der Waals surface area contributed by atoms with Crippen LogP contribution in [0.25, 0.3) is 0 Å². The maximum absolute atomic E-state index is 12.7. The van der Waals surface area contributed by atoms with Crippen molar-refractivity contribution in [2.75, 3.05) is 7.11 Å². The molecule has 0 heterocycles. The minimum Gasteiger partial charge on any atom is -0.465 e. The first-order valence-corrected chi connectivity index (χ1v) is 6.37. The monoisotopic (exact) mass is 300 g/mol. The molecule has 0 aromatic heterocycles. The van der Waals surface area contributed by atoms with Gasteiger partial charge in [-0.1, -0.05) is 12.1 Å². The van der Waals surface area contributed by atoms with Gasteiger partial charge in [-0.2, -0.15) is 5.10 Å². The van der Waals surface area contributed by atoms with Crippen molar-refractivity contribution in [1.82, 2.24) is 5.43 Å². The van der Waals surface area contributed by atoms with Crippen LogP contribution in [0.2, 0.25) is 0 Å². The van der Waals surface area contributed by atoms with Gasteiger partial charge in [-0.05, 0) is 42.0 Å². The molecule has 0 saturated heterocycles. The first-order valence-electron chi connectivity index (χ1n) is 6.37. The molecule has 2 rings (SSSR count). The highest BCUT2D eigenvalue weighted by Crippen LogP contribution is 2.04. The minimum atomic E-state index is -0.442. The molecule has 0 bridgehead atoms. The zero-order chi connectivity index (χ0) is 15.9. The van der Waals surface area contributed by atoms with Crippen LogP contribution in [0.3, 0.4) is 0 Å². The van der Waals surface area contributed by atoms with E-state index in [9.17, 15) is 14.0 Å². The van der Waals surface area contributed by atoms with Crippen molar-refractivity contribution < 1.29 is 18.7 Å². The van der Waals surface area contributed by atoms with Gasteiger partial charge in [0, 0.05) is 5.56 Å². The highest BCUT2D eigenvalue weighted by atomic mass is 19.1. The standard InChI is InChI=1S/C16H13FN2O3/c1-22-16(21)13-4-2-11(3-5-13)10-18-19-15(20)12-6-8-14(17)9-7-12/h2-10H,1H3,(H,19,20)/b18-10+. The van der Waals surface area contributed by atoms with Crippen molar-refractivity contribution in [3.8, 4) is 0 Å². The number of hydrogen-bond donors (Lipinski definition) is 1. The summed E-state index contributed by atoms with van der Waals surface area (Å²) in [7, 11) is 1.31. The Morgan fingerprint density at radius 1 is 1.05 bits per heavy atom. The number of hydrogen-bond acceptors (Lipinski definition) is 4. The van der Waals surface area contributed by atoms with Crippen LogP contribution in [0.4, 0.5) is 4.39 Å². The highest BCUT2D eigenvalue weighted by Gasteiger charge is 2.04. The summed E-state index contributed by atoms with van der Waals surface area (Å²) in [5.41, 5.74) is 3.76. The smallest absolute Gasteiger partial charge is 0.337 e. The number of rotatable bonds is 4. The summed E-state index contributed by atoms with van der Waals surface area (Å²) in [5, 5.41) is 3.80. The lowest BCUT2D eigenvalue weighted by molar-refractivity contribution is 0.0600. The summed E-state index contributed by atoms with van der Waals surface area (Å²) in [6, 6.07) is 11.6. The van der Waals surface area contributed by atoms with Crippen molar-refractivity contribution in [3.63, 3.8) is 0 Å². The number of esters is 1. The van der Waals surface area contributed by atoms with Crippen LogP contribution in [-0.4, -0.2) is 25.2 Å². The Morgan fingerprint density at radius 2 is 1.64 bits per heavy atom. The van der Waals surface area contributed by atoms with Crippen LogP contribution >= 0.6 is 0 Å². The molecule has 0 aliphatic heterocycles. The van der Waals surface area contributed by atoms with Gasteiger partial charge in [-0.15, -0.1) is 0 Å². The van der Waals surface area contributed by atoms with E-state index in [4.69, 9.17) is 0 Å². The molecule has 0 radical (unpaired) electrons. The third kappa shape index (κ3) is 3.99. The number of benzene rings is 2. The lowest BCUT2D eigenvalue weighted by Crippen LogP contribution is -2.17. The Morgan fingerprint density at radius 3 is 2.23 bits per heavy atom. The van der Waals surface area contributed by atoms with E-state index in [2.05, 4.69) is 15.3 Å². The fraction of sp³-hybridized carbons (Fsp3) is 0.0625. The summed E-state index contributed by atoms with van der Waals surface area (Å²) < 4.78 is 17.3. The quantitative estimate of drug-likeness (QED) is 0.535. The molecule has 5 nitrogen and oxygen atoms in total. The Balaban J connectivity index is 1.96. The van der Waals surface area contributed by atoms with Crippen molar-refractivity contribution in [2.45, 2.75) is 0 Å². The molecular formula is C16H13FN2O3. The first-order chi connectivity index (χ1) is 10.6. The molecule has 1 amide bonds. The molecule has 112 valence electrons. The zero-order valence-corrected chi connectivity index (χ0v) is 11.7. The third-order valence-corrected chi connectivity index (χ3v) is 2.82. The minimum absolute atomic E-state index is 0.305. The molecule has 0 spiro atoms. The average molecular weight is 300 g/mol. The predicted octanol–water partition coefficient (Wildman–Crippen LogP) is 2.38. The van der Waals surface area contributed by atoms with Gasteiger partial charge in [-0.3, -0.25) is 4.79 Å². The van der Waals surface area contributed by atoms with Crippen LogP contribution < -0.4 is 5.43 Å². The Bertz CT molecular complexity index is 694. The molecule has 6 heteroatoms. The topological polar surface area (TPSA) is 67.8 Å². The molecule has 2 aromatic carbocycles. The fourth-order valence-corrected chi connectivity index (χ4v) is 1.65. The molecule has 0 aliphatic rings. The summed E-state index contributed by atoms with van der Waals surface area (Å²) in [5.74, 6) is -1.28. The largest absolute Gasteiger partial charge is 0.465 e. The summed E-state index contributed by atoms with van der Waals surface area (Å²) in [6.45, 7) is 0. The summed E-state index contributed by atoms with van der Waals surface area (Å²) in [6.07, 6.45) is 1.43. The second-order valence-corrected chi connectivity index (χ2v) is 4.32. The normalized spacial score (nSPS) is 10.5. The van der Waals surface area contributed by atoms with E-state index < -0.39 is 17.7 Å². The van der Waals surface area contributed by atoms with Gasteiger partial charge in [0.1, 0.15) is 5.82 Å². The number of hydrazone groups is 1. The molecule has 0 saturated carbocycles. The number of nitrogens with one attached hydrogen (secondary N) is 1. The third-order valence-electron chi connectivity index (χ3n) is 2.82. The van der Waals surface area contributed by atoms with E-state index in [1.165, 1.54) is 37.6 Å². The molecule has 0 unspecified atom stereocenters. The highest BCUT2D eigenvalue weighted by molar-refractivity contribution is 5.95. The van der Waals surface area contributed by atoms with E-state index in [1.807, 2.05) is 0 Å². The Hall–Kier alpha value is -3.02. The van der Waals surface area contributed by atoms with E-state index in [0.29, 0.717) is 16.7 Å². The second kappa shape index (κ2) is 7.12. The van der Waals surface area contributed by atoms with Crippen molar-refractivity contribution >= 4 is 18.1 Å². The summed E-state index contributed by atoms with van der Waals surface area (Å²) >= 11 is 0. The van der Waals surface area contributed by atoms with Crippen molar-refractivity contribution in [3.05, 3.63) is 71.0 Å². The number of carbonyl (C=O) groups excluding carboxylic acids is 2. The average Bonchev–Trinajstić information content (AvgIpc) is 2.55. The molecule has 1 N–H and O–H groups in total. The molecule has 22 heavy (non-hydrogen) atoms. The Kier molecular flexibility index (Phi) is 4.98. The lowest BCUT2D eigenvalue weighted by atomic mass is 10.1. The number of methoxy groups -OCH3 is 1. The van der Waals surface area contributed by atoms with Gasteiger partial charge in [0.25, 0.3) is 5.91 Å². The number of ether oxygens (including phenoxy) is 1. The number of nitrogens with zero attached hydrogens (tertiary/aromatic N) is 1. The van der Waals surface area contributed by atoms with Gasteiger partial charge in [0.2, 0.25) is 0 Å². The fourth-order valence-electron chi connectivity index (χ4n) is 1.65. The van der Waals surface area contributed by atoms with Crippen molar-refractivity contribution in [2.24, 2.45) is 5.10 Å². The lowest BCUT2D eigenvalue weighted by Gasteiger charge is -2.00. The van der Waals surface area contributed by atoms with Gasteiger partial charge >= 0.3 is 5.97 Å². The summed E-state index contributed by atoms with van der Waals surface area (Å²) in [4.78, 5) is 23.0. The number of halogens is 1. The van der Waals surface area contributed by atoms with E-state index >= 15 is 0 Å². The van der Waals surface area contributed by atoms with Crippen LogP contribution in [0, 0.1) is 5.82 Å². The van der Waals surface area contributed by atoms with Crippen LogP contribution in [0.5, 0.6) is 0 Å². The van der Waals surface area contributed by atoms with Crippen LogP contribution in [0.1, 0.15) is 26.3 Å². The van der Waals surface area contributed by atoms with E-state index in [-0.39, 0.29) is 0 Å². The van der Waals surface area contributed by atoms with E-state index in [1.54, 1.807) is 24.3 Å². The molecule has 2 aromatic rings. The Labute approximate surface area is 126 Å². The molecular weight excluding hydrogens is 287 g/mol. The van der Waals surface area contributed by atoms with Gasteiger partial charge in [0.15, 0.2) is 0 Å². The van der Waals surface area contributed by atoms with Gasteiger partial charge < -0.3 is 4.74 Å². The zero-order valence-electron chi connectivity index (χ0n) is 11.7. The van der Waals surface area contributed by atoms with Crippen LogP contribution in [0.15, 0.2) is 53.6 Å². The van der Waals surface area contributed by atoms with Gasteiger partial charge in [-0.25, -0.2) is 14.6 Å². The van der Waals surface area contributed by atoms with Gasteiger partial charge in [0.05, 0.1) is 18.9 Å². The molecule has 0 aliphatic carbocycles. The molecule has 0 fully saturated rings. The first kappa shape index (κ1) is 15.4. The maximum atomic E-state index is 12.7. The maximum Gasteiger partial charge on any atom is 0.337 e. The van der Waals surface area contributed by atoms with E-state index in [0.717, 1.165) is 0 Å². The SMILES string of the molecule is COC(=O)c1ccc(/C=N/NC(=O)c2ccc(F)cc2)cc1. The second-order valence-electron chi connectivity index (χ2n) is 4.32. The molecule has 0 atom stereocenters. The predicted molar refractivity (Wildman–Crippen MR) is 79.2 cm³/mol.